The van der Waals surface area contributed by atoms with E-state index in [1.165, 1.54) is 17.5 Å². The summed E-state index contributed by atoms with van der Waals surface area (Å²) >= 11 is 0. The van der Waals surface area contributed by atoms with E-state index in [4.69, 9.17) is 4.52 Å². The third-order valence-corrected chi connectivity index (χ3v) is 5.05. The molecular weight excluding hydrogens is 311 g/mol. The zero-order valence-corrected chi connectivity index (χ0v) is 14.8. The van der Waals surface area contributed by atoms with Crippen molar-refractivity contribution in [2.75, 3.05) is 6.16 Å². The van der Waals surface area contributed by atoms with E-state index in [1.54, 1.807) is 0 Å². The van der Waals surface area contributed by atoms with Crippen LogP contribution in [-0.2, 0) is 0 Å². The Bertz CT molecular complexity index is 658. The lowest BCUT2D eigenvalue weighted by atomic mass is 9.88. The molecule has 0 heterocycles. The van der Waals surface area contributed by atoms with Gasteiger partial charge in [-0.2, -0.15) is 0 Å². The highest BCUT2D eigenvalue weighted by molar-refractivity contribution is 7.32. The van der Waals surface area contributed by atoms with E-state index in [1.807, 2.05) is 30.3 Å². The van der Waals surface area contributed by atoms with Gasteiger partial charge in [0.15, 0.2) is 0 Å². The van der Waals surface area contributed by atoms with Gasteiger partial charge in [0.1, 0.15) is 5.75 Å². The fourth-order valence-corrected chi connectivity index (χ4v) is 3.65. The van der Waals surface area contributed by atoms with Gasteiger partial charge in [0.25, 0.3) is 0 Å². The van der Waals surface area contributed by atoms with Crippen LogP contribution >= 0.6 is 8.81 Å². The van der Waals surface area contributed by atoms with E-state index in [0.29, 0.717) is 14.7 Å². The van der Waals surface area contributed by atoms with Crippen LogP contribution in [0.1, 0.15) is 29.9 Å². The molecular formula is C22H23OP. The average Bonchev–Trinajstić information content (AvgIpc) is 2.67. The standard InChI is InChI=1S/C22H23OP/c1-4-11-19(12-5-1)22(20-13-6-2-7-14-20)17-10-18-24-23-21-15-8-3-9-16-21/h1-9,11-16,22,24H,10,17-18H2. The van der Waals surface area contributed by atoms with E-state index < -0.39 is 0 Å². The Morgan fingerprint density at radius 1 is 0.667 bits per heavy atom. The molecule has 0 fully saturated rings. The Kier molecular flexibility index (Phi) is 6.45. The lowest BCUT2D eigenvalue weighted by Crippen LogP contribution is -2.01. The van der Waals surface area contributed by atoms with E-state index in [0.717, 1.165) is 18.3 Å². The fourth-order valence-electron chi connectivity index (χ4n) is 2.90. The molecule has 122 valence electrons. The number of benzene rings is 3. The van der Waals surface area contributed by atoms with Crippen molar-refractivity contribution < 1.29 is 4.52 Å². The molecule has 3 rings (SSSR count). The average molecular weight is 334 g/mol. The molecule has 3 aromatic rings. The van der Waals surface area contributed by atoms with Gasteiger partial charge in [0.05, 0.1) is 8.81 Å². The summed E-state index contributed by atoms with van der Waals surface area (Å²) in [5.74, 6) is 1.44. The molecule has 1 atom stereocenters. The van der Waals surface area contributed by atoms with Crippen molar-refractivity contribution in [1.82, 2.24) is 0 Å². The number of rotatable bonds is 8. The van der Waals surface area contributed by atoms with Crippen LogP contribution in [0.15, 0.2) is 91.0 Å². The number of para-hydroxylation sites is 1. The highest BCUT2D eigenvalue weighted by Gasteiger charge is 2.13. The Labute approximate surface area is 146 Å². The smallest absolute Gasteiger partial charge is 0.122 e. The van der Waals surface area contributed by atoms with Gasteiger partial charge >= 0.3 is 0 Å². The second kappa shape index (κ2) is 9.25. The molecule has 0 aromatic heterocycles. The molecule has 0 amide bonds. The molecule has 0 aliphatic carbocycles. The van der Waals surface area contributed by atoms with Gasteiger partial charge in [0.2, 0.25) is 0 Å². The Balaban J connectivity index is 1.55. The van der Waals surface area contributed by atoms with Crippen molar-refractivity contribution in [2.24, 2.45) is 0 Å². The molecule has 0 saturated heterocycles. The molecule has 24 heavy (non-hydrogen) atoms. The minimum Gasteiger partial charge on any atom is -0.477 e. The van der Waals surface area contributed by atoms with Gasteiger partial charge in [-0.1, -0.05) is 78.9 Å². The maximum atomic E-state index is 5.83. The second-order valence-electron chi connectivity index (χ2n) is 5.83. The minimum absolute atomic E-state index is 0.467. The highest BCUT2D eigenvalue weighted by Crippen LogP contribution is 2.30. The number of hydrogen-bond acceptors (Lipinski definition) is 1. The fraction of sp³-hybridized carbons (Fsp3) is 0.182. The summed E-state index contributed by atoms with van der Waals surface area (Å²) in [5, 5.41) is 0. The minimum atomic E-state index is 0.467. The lowest BCUT2D eigenvalue weighted by Gasteiger charge is -2.18. The van der Waals surface area contributed by atoms with Gasteiger partial charge in [-0.05, 0) is 36.1 Å². The third-order valence-electron chi connectivity index (χ3n) is 4.11. The van der Waals surface area contributed by atoms with Crippen molar-refractivity contribution in [3.8, 4) is 5.75 Å². The molecule has 2 heteroatoms. The number of hydrogen-bond donors (Lipinski definition) is 0. The van der Waals surface area contributed by atoms with Crippen molar-refractivity contribution >= 4 is 8.81 Å². The van der Waals surface area contributed by atoms with Gasteiger partial charge in [-0.15, -0.1) is 0 Å². The van der Waals surface area contributed by atoms with Crippen molar-refractivity contribution in [1.29, 1.82) is 0 Å². The topological polar surface area (TPSA) is 9.23 Å². The van der Waals surface area contributed by atoms with Crippen LogP contribution < -0.4 is 4.52 Å². The molecule has 0 aliphatic heterocycles. The van der Waals surface area contributed by atoms with Gasteiger partial charge in [-0.3, -0.25) is 0 Å². The molecule has 0 bridgehead atoms. The molecule has 0 radical (unpaired) electrons. The third kappa shape index (κ3) is 4.94. The van der Waals surface area contributed by atoms with Crippen molar-refractivity contribution in [2.45, 2.75) is 18.8 Å². The zero-order valence-electron chi connectivity index (χ0n) is 13.8. The molecule has 0 N–H and O–H groups in total. The first-order valence-corrected chi connectivity index (χ1v) is 9.59. The first-order chi connectivity index (χ1) is 11.9. The Morgan fingerprint density at radius 2 is 1.17 bits per heavy atom. The Hall–Kier alpha value is -2.11. The molecule has 0 spiro atoms. The molecule has 0 aliphatic rings. The zero-order chi connectivity index (χ0) is 16.5. The summed E-state index contributed by atoms with van der Waals surface area (Å²) < 4.78 is 5.83. The summed E-state index contributed by atoms with van der Waals surface area (Å²) in [5.41, 5.74) is 2.80. The van der Waals surface area contributed by atoms with E-state index in [9.17, 15) is 0 Å². The van der Waals surface area contributed by atoms with E-state index >= 15 is 0 Å². The highest BCUT2D eigenvalue weighted by atomic mass is 31.1. The summed E-state index contributed by atoms with van der Waals surface area (Å²) in [6.07, 6.45) is 3.42. The normalized spacial score (nSPS) is 11.2. The van der Waals surface area contributed by atoms with E-state index in [-0.39, 0.29) is 0 Å². The summed E-state index contributed by atoms with van der Waals surface area (Å²) in [6.45, 7) is 0. The maximum Gasteiger partial charge on any atom is 0.122 e. The molecule has 1 unspecified atom stereocenters. The van der Waals surface area contributed by atoms with Gasteiger partial charge < -0.3 is 4.52 Å². The van der Waals surface area contributed by atoms with Crippen LogP contribution in [0.25, 0.3) is 0 Å². The van der Waals surface area contributed by atoms with Crippen molar-refractivity contribution in [3.05, 3.63) is 102 Å². The molecule has 0 saturated carbocycles. The van der Waals surface area contributed by atoms with Crippen LogP contribution in [0.4, 0.5) is 0 Å². The summed E-state index contributed by atoms with van der Waals surface area (Å²) in [6, 6.07) is 31.7. The maximum absolute atomic E-state index is 5.83. The Morgan fingerprint density at radius 3 is 1.71 bits per heavy atom. The first-order valence-electron chi connectivity index (χ1n) is 8.48. The molecule has 1 nitrogen and oxygen atoms in total. The van der Waals surface area contributed by atoms with E-state index in [2.05, 4.69) is 60.7 Å². The predicted octanol–water partition coefficient (Wildman–Crippen LogP) is 6.27. The van der Waals surface area contributed by atoms with Crippen molar-refractivity contribution in [3.63, 3.8) is 0 Å². The van der Waals surface area contributed by atoms with Crippen LogP contribution in [-0.4, -0.2) is 6.16 Å². The van der Waals surface area contributed by atoms with Gasteiger partial charge in [0, 0.05) is 12.1 Å². The lowest BCUT2D eigenvalue weighted by molar-refractivity contribution is 0.621. The van der Waals surface area contributed by atoms with Gasteiger partial charge in [-0.25, -0.2) is 0 Å². The summed E-state index contributed by atoms with van der Waals surface area (Å²) in [4.78, 5) is 0. The first kappa shape index (κ1) is 16.7. The van der Waals surface area contributed by atoms with Crippen LogP contribution in [0.2, 0.25) is 0 Å². The SMILES string of the molecule is c1ccc(OPCCCC(c2ccccc2)c2ccccc2)cc1. The van der Waals surface area contributed by atoms with Crippen LogP contribution in [0, 0.1) is 0 Å². The summed E-state index contributed by atoms with van der Waals surface area (Å²) in [7, 11) is 0.525. The van der Waals surface area contributed by atoms with Crippen LogP contribution in [0.3, 0.4) is 0 Å². The largest absolute Gasteiger partial charge is 0.477 e. The quantitative estimate of drug-likeness (QED) is 0.348. The molecule has 3 aromatic carbocycles. The second-order valence-corrected chi connectivity index (χ2v) is 6.82. The predicted molar refractivity (Wildman–Crippen MR) is 104 cm³/mol. The monoisotopic (exact) mass is 334 g/mol. The van der Waals surface area contributed by atoms with Crippen LogP contribution in [0.5, 0.6) is 5.75 Å².